The minimum absolute atomic E-state index is 0.0664. The molecule has 15 heavy (non-hydrogen) atoms. The third-order valence-corrected chi connectivity index (χ3v) is 3.56. The Hall–Kier alpha value is -0.610. The van der Waals surface area contributed by atoms with Crippen molar-refractivity contribution in [3.63, 3.8) is 0 Å². The molecule has 0 aromatic carbocycles. The van der Waals surface area contributed by atoms with E-state index in [1.807, 2.05) is 0 Å². The quantitative estimate of drug-likeness (QED) is 0.688. The van der Waals surface area contributed by atoms with Gasteiger partial charge in [0.25, 0.3) is 0 Å². The zero-order valence-electron chi connectivity index (χ0n) is 9.46. The van der Waals surface area contributed by atoms with E-state index in [9.17, 15) is 4.79 Å². The smallest absolute Gasteiger partial charge is 0.237 e. The van der Waals surface area contributed by atoms with Crippen LogP contribution in [0, 0.1) is 0 Å². The molecule has 1 amide bonds. The largest absolute Gasteiger partial charge is 0.353 e. The highest BCUT2D eigenvalue weighted by Crippen LogP contribution is 2.13. The van der Waals surface area contributed by atoms with E-state index in [0.717, 1.165) is 25.9 Å². The van der Waals surface area contributed by atoms with E-state index in [1.54, 1.807) is 0 Å². The molecule has 2 saturated heterocycles. The molecule has 0 spiro atoms. The third kappa shape index (κ3) is 2.69. The van der Waals surface area contributed by atoms with Gasteiger partial charge >= 0.3 is 0 Å². The summed E-state index contributed by atoms with van der Waals surface area (Å²) in [7, 11) is 2.14. The average Bonchev–Trinajstić information content (AvgIpc) is 2.85. The van der Waals surface area contributed by atoms with Crippen molar-refractivity contribution >= 4 is 5.91 Å². The number of nitrogens with zero attached hydrogens (tertiary/aromatic N) is 1. The predicted octanol–water partition coefficient (Wildman–Crippen LogP) is -0.0512. The first-order valence-electron chi connectivity index (χ1n) is 5.98. The maximum Gasteiger partial charge on any atom is 0.237 e. The Balaban J connectivity index is 1.70. The van der Waals surface area contributed by atoms with Gasteiger partial charge in [0.2, 0.25) is 5.91 Å². The molecule has 2 heterocycles. The first-order valence-corrected chi connectivity index (χ1v) is 5.98. The number of hydrogen-bond acceptors (Lipinski definition) is 3. The molecule has 2 N–H and O–H groups in total. The van der Waals surface area contributed by atoms with Gasteiger partial charge in [0, 0.05) is 12.6 Å². The Morgan fingerprint density at radius 3 is 2.93 bits per heavy atom. The summed E-state index contributed by atoms with van der Waals surface area (Å²) in [6, 6.07) is 0.618. The van der Waals surface area contributed by atoms with Crippen molar-refractivity contribution in [2.24, 2.45) is 0 Å². The molecule has 0 bridgehead atoms. The van der Waals surface area contributed by atoms with E-state index >= 15 is 0 Å². The zero-order chi connectivity index (χ0) is 10.7. The molecule has 2 atom stereocenters. The minimum atomic E-state index is 0.0664. The molecule has 2 fully saturated rings. The van der Waals surface area contributed by atoms with Crippen molar-refractivity contribution in [1.29, 1.82) is 0 Å². The lowest BCUT2D eigenvalue weighted by Gasteiger charge is -2.20. The summed E-state index contributed by atoms with van der Waals surface area (Å²) in [6.07, 6.45) is 4.60. The zero-order valence-corrected chi connectivity index (χ0v) is 9.46. The molecule has 2 aliphatic rings. The van der Waals surface area contributed by atoms with Crippen LogP contribution in [-0.4, -0.2) is 49.6 Å². The summed E-state index contributed by atoms with van der Waals surface area (Å²) >= 11 is 0. The van der Waals surface area contributed by atoms with E-state index < -0.39 is 0 Å². The molecule has 4 nitrogen and oxygen atoms in total. The van der Waals surface area contributed by atoms with Crippen LogP contribution in [0.2, 0.25) is 0 Å². The molecule has 0 aromatic rings. The number of rotatable bonds is 3. The molecular weight excluding hydrogens is 190 g/mol. The molecule has 4 heteroatoms. The van der Waals surface area contributed by atoms with E-state index in [0.29, 0.717) is 6.04 Å². The van der Waals surface area contributed by atoms with Gasteiger partial charge in [-0.3, -0.25) is 4.79 Å². The van der Waals surface area contributed by atoms with Gasteiger partial charge in [-0.2, -0.15) is 0 Å². The molecule has 1 unspecified atom stereocenters. The number of likely N-dealkylation sites (tertiary alicyclic amines) is 1. The Bertz CT molecular complexity index is 226. The highest BCUT2D eigenvalue weighted by Gasteiger charge is 2.25. The van der Waals surface area contributed by atoms with Gasteiger partial charge in [0.1, 0.15) is 0 Å². The number of carbonyl (C=O) groups is 1. The Morgan fingerprint density at radius 1 is 1.47 bits per heavy atom. The van der Waals surface area contributed by atoms with E-state index in [2.05, 4.69) is 22.6 Å². The summed E-state index contributed by atoms with van der Waals surface area (Å²) in [5, 5.41) is 6.27. The average molecular weight is 211 g/mol. The number of carbonyl (C=O) groups excluding carboxylic acids is 1. The van der Waals surface area contributed by atoms with Crippen molar-refractivity contribution in [2.75, 3.05) is 26.7 Å². The lowest BCUT2D eigenvalue weighted by molar-refractivity contribution is -0.122. The monoisotopic (exact) mass is 211 g/mol. The van der Waals surface area contributed by atoms with Gasteiger partial charge in [0.15, 0.2) is 0 Å². The molecule has 86 valence electrons. The Labute approximate surface area is 91.4 Å². The van der Waals surface area contributed by atoms with Crippen molar-refractivity contribution < 1.29 is 4.79 Å². The lowest BCUT2D eigenvalue weighted by Crippen LogP contribution is -2.45. The van der Waals surface area contributed by atoms with Crippen LogP contribution in [0.25, 0.3) is 0 Å². The number of amides is 1. The molecule has 0 aliphatic carbocycles. The topological polar surface area (TPSA) is 44.4 Å². The fraction of sp³-hybridized carbons (Fsp3) is 0.909. The van der Waals surface area contributed by atoms with Gasteiger partial charge in [-0.25, -0.2) is 0 Å². The van der Waals surface area contributed by atoms with Gasteiger partial charge in [-0.1, -0.05) is 0 Å². The Kier molecular flexibility index (Phi) is 3.59. The fourth-order valence-corrected chi connectivity index (χ4v) is 2.49. The van der Waals surface area contributed by atoms with Crippen LogP contribution in [0.3, 0.4) is 0 Å². The lowest BCUT2D eigenvalue weighted by atomic mass is 10.2. The van der Waals surface area contributed by atoms with E-state index in [1.165, 1.54) is 19.4 Å². The maximum atomic E-state index is 11.7. The third-order valence-electron chi connectivity index (χ3n) is 3.56. The summed E-state index contributed by atoms with van der Waals surface area (Å²) in [5.74, 6) is 0.188. The maximum absolute atomic E-state index is 11.7. The first-order chi connectivity index (χ1) is 7.27. The highest BCUT2D eigenvalue weighted by molar-refractivity contribution is 5.82. The van der Waals surface area contributed by atoms with Crippen LogP contribution in [0.5, 0.6) is 0 Å². The van der Waals surface area contributed by atoms with Crippen molar-refractivity contribution in [1.82, 2.24) is 15.5 Å². The van der Waals surface area contributed by atoms with Crippen LogP contribution < -0.4 is 10.6 Å². The second kappa shape index (κ2) is 4.94. The van der Waals surface area contributed by atoms with Crippen LogP contribution in [0.1, 0.15) is 25.7 Å². The van der Waals surface area contributed by atoms with Gasteiger partial charge in [-0.05, 0) is 45.8 Å². The standard InChI is InChI=1S/C11H21N3O/c1-14-7-3-4-9(14)8-13-11(15)10-5-2-6-12-10/h9-10,12H,2-8H2,1H3,(H,13,15)/t9?,10-/m0/s1. The second-order valence-electron chi connectivity index (χ2n) is 4.67. The predicted molar refractivity (Wildman–Crippen MR) is 59.7 cm³/mol. The minimum Gasteiger partial charge on any atom is -0.353 e. The molecule has 0 aromatic heterocycles. The first kappa shape index (κ1) is 10.9. The molecule has 0 radical (unpaired) electrons. The van der Waals surface area contributed by atoms with Crippen LogP contribution in [0.4, 0.5) is 0 Å². The SMILES string of the molecule is CN1CCCC1CNC(=O)[C@@H]1CCCN1. The number of hydrogen-bond donors (Lipinski definition) is 2. The summed E-state index contributed by atoms with van der Waals surface area (Å²) in [5.41, 5.74) is 0. The summed E-state index contributed by atoms with van der Waals surface area (Å²) in [4.78, 5) is 14.1. The molecule has 2 aliphatic heterocycles. The van der Waals surface area contributed by atoms with Crippen molar-refractivity contribution in [3.8, 4) is 0 Å². The molecule has 2 rings (SSSR count). The van der Waals surface area contributed by atoms with Crippen molar-refractivity contribution in [2.45, 2.75) is 37.8 Å². The summed E-state index contributed by atoms with van der Waals surface area (Å²) in [6.45, 7) is 2.97. The van der Waals surface area contributed by atoms with Crippen molar-refractivity contribution in [3.05, 3.63) is 0 Å². The summed E-state index contributed by atoms with van der Waals surface area (Å²) < 4.78 is 0. The van der Waals surface area contributed by atoms with Gasteiger partial charge < -0.3 is 15.5 Å². The van der Waals surface area contributed by atoms with E-state index in [4.69, 9.17) is 0 Å². The second-order valence-corrected chi connectivity index (χ2v) is 4.67. The Morgan fingerprint density at radius 2 is 2.33 bits per heavy atom. The number of likely N-dealkylation sites (N-methyl/N-ethyl adjacent to an activating group) is 1. The van der Waals surface area contributed by atoms with Crippen LogP contribution in [0.15, 0.2) is 0 Å². The van der Waals surface area contributed by atoms with Crippen LogP contribution in [-0.2, 0) is 4.79 Å². The van der Waals surface area contributed by atoms with Gasteiger partial charge in [0.05, 0.1) is 6.04 Å². The number of nitrogens with one attached hydrogen (secondary N) is 2. The highest BCUT2D eigenvalue weighted by atomic mass is 16.2. The van der Waals surface area contributed by atoms with E-state index in [-0.39, 0.29) is 11.9 Å². The molecular formula is C11H21N3O. The fourth-order valence-electron chi connectivity index (χ4n) is 2.49. The molecule has 0 saturated carbocycles. The van der Waals surface area contributed by atoms with Gasteiger partial charge in [-0.15, -0.1) is 0 Å². The normalized spacial score (nSPS) is 32.1. The van der Waals surface area contributed by atoms with Crippen LogP contribution >= 0.6 is 0 Å².